The molecule has 7 heteroatoms. The fourth-order valence-electron chi connectivity index (χ4n) is 2.06. The van der Waals surface area contributed by atoms with Gasteiger partial charge in [-0.2, -0.15) is 4.39 Å². The van der Waals surface area contributed by atoms with Gasteiger partial charge in [0.15, 0.2) is 0 Å². The Labute approximate surface area is 129 Å². The molecule has 2 heterocycles. The van der Waals surface area contributed by atoms with E-state index in [0.29, 0.717) is 11.3 Å². The molecule has 0 N–H and O–H groups in total. The molecule has 0 radical (unpaired) electrons. The average molecular weight is 320 g/mol. The molecule has 22 heavy (non-hydrogen) atoms. The Hall–Kier alpha value is -2.60. The summed E-state index contributed by atoms with van der Waals surface area (Å²) < 4.78 is 29.1. The van der Waals surface area contributed by atoms with Crippen molar-refractivity contribution >= 4 is 16.8 Å². The van der Waals surface area contributed by atoms with Crippen LogP contribution in [0, 0.1) is 11.8 Å². The third kappa shape index (κ3) is 2.60. The normalized spacial score (nSPS) is 10.7. The van der Waals surface area contributed by atoms with Gasteiger partial charge in [-0.05, 0) is 35.4 Å². The smallest absolute Gasteiger partial charge is 0.272 e. The largest absolute Gasteiger partial charge is 0.305 e. The summed E-state index contributed by atoms with van der Waals surface area (Å²) in [5.41, 5.74) is 0.786. The summed E-state index contributed by atoms with van der Waals surface area (Å²) >= 11 is 5.35. The van der Waals surface area contributed by atoms with Crippen molar-refractivity contribution in [1.82, 2.24) is 14.5 Å². The standard InChI is InChI=1S/C15H8ClF2N3O/c16-14(22)12-7-21(8-20-12)10-3-1-2-9(6-10)13-11(17)4-5-19-15(13)18/h1-8H. The van der Waals surface area contributed by atoms with E-state index < -0.39 is 17.0 Å². The fourth-order valence-corrected chi connectivity index (χ4v) is 2.16. The molecule has 0 amide bonds. The lowest BCUT2D eigenvalue weighted by atomic mass is 10.1. The van der Waals surface area contributed by atoms with E-state index >= 15 is 0 Å². The van der Waals surface area contributed by atoms with Gasteiger partial charge in [0.1, 0.15) is 17.8 Å². The van der Waals surface area contributed by atoms with Crippen molar-refractivity contribution in [2.75, 3.05) is 0 Å². The van der Waals surface area contributed by atoms with Crippen LogP contribution in [0.2, 0.25) is 0 Å². The minimum Gasteiger partial charge on any atom is -0.305 e. The molecule has 0 spiro atoms. The van der Waals surface area contributed by atoms with Crippen molar-refractivity contribution in [3.8, 4) is 16.8 Å². The first-order valence-corrected chi connectivity index (χ1v) is 6.58. The highest BCUT2D eigenvalue weighted by atomic mass is 35.5. The Morgan fingerprint density at radius 2 is 2.00 bits per heavy atom. The van der Waals surface area contributed by atoms with Crippen LogP contribution >= 0.6 is 11.6 Å². The maximum atomic E-state index is 13.8. The van der Waals surface area contributed by atoms with Gasteiger partial charge in [-0.15, -0.1) is 0 Å². The SMILES string of the molecule is O=C(Cl)c1cn(-c2cccc(-c3c(F)ccnc3F)c2)cn1. The van der Waals surface area contributed by atoms with E-state index in [4.69, 9.17) is 11.6 Å². The van der Waals surface area contributed by atoms with Crippen LogP contribution in [0.25, 0.3) is 16.8 Å². The predicted octanol–water partition coefficient (Wildman–Crippen LogP) is 3.59. The molecule has 0 saturated carbocycles. The predicted molar refractivity (Wildman–Crippen MR) is 76.9 cm³/mol. The number of hydrogen-bond donors (Lipinski definition) is 0. The Kier molecular flexibility index (Phi) is 3.68. The van der Waals surface area contributed by atoms with Gasteiger partial charge in [0.2, 0.25) is 5.95 Å². The monoisotopic (exact) mass is 319 g/mol. The van der Waals surface area contributed by atoms with Crippen LogP contribution in [0.4, 0.5) is 8.78 Å². The van der Waals surface area contributed by atoms with Gasteiger partial charge < -0.3 is 4.57 Å². The second-order valence-electron chi connectivity index (χ2n) is 4.45. The lowest BCUT2D eigenvalue weighted by Gasteiger charge is -2.07. The molecule has 0 aliphatic heterocycles. The van der Waals surface area contributed by atoms with Crippen molar-refractivity contribution in [3.63, 3.8) is 0 Å². The van der Waals surface area contributed by atoms with E-state index in [2.05, 4.69) is 9.97 Å². The number of carbonyl (C=O) groups excluding carboxylic acids is 1. The van der Waals surface area contributed by atoms with Crippen molar-refractivity contribution in [2.45, 2.75) is 0 Å². The molecule has 0 saturated heterocycles. The van der Waals surface area contributed by atoms with Crippen molar-refractivity contribution in [2.24, 2.45) is 0 Å². The summed E-state index contributed by atoms with van der Waals surface area (Å²) in [6.07, 6.45) is 3.89. The summed E-state index contributed by atoms with van der Waals surface area (Å²) in [7, 11) is 0. The number of pyridine rings is 1. The Bertz CT molecular complexity index is 843. The van der Waals surface area contributed by atoms with Gasteiger partial charge in [0, 0.05) is 18.1 Å². The highest BCUT2D eigenvalue weighted by Gasteiger charge is 2.13. The number of nitrogens with zero attached hydrogens (tertiary/aromatic N) is 3. The van der Waals surface area contributed by atoms with Crippen LogP contribution in [-0.2, 0) is 0 Å². The minimum absolute atomic E-state index is 0.0887. The third-order valence-corrected chi connectivity index (χ3v) is 3.26. The summed E-state index contributed by atoms with van der Waals surface area (Å²) in [5.74, 6) is -1.59. The van der Waals surface area contributed by atoms with Gasteiger partial charge in [0.05, 0.1) is 5.56 Å². The van der Waals surface area contributed by atoms with E-state index in [0.717, 1.165) is 12.3 Å². The highest BCUT2D eigenvalue weighted by molar-refractivity contribution is 6.67. The number of carbonyl (C=O) groups is 1. The molecule has 0 atom stereocenters. The van der Waals surface area contributed by atoms with Gasteiger partial charge >= 0.3 is 0 Å². The number of imidazole rings is 1. The molecule has 0 unspecified atom stereocenters. The quantitative estimate of drug-likeness (QED) is 0.547. The first kappa shape index (κ1) is 14.3. The molecular formula is C15H8ClF2N3O. The molecule has 0 bridgehead atoms. The lowest BCUT2D eigenvalue weighted by molar-refractivity contribution is 0.107. The molecule has 1 aromatic carbocycles. The lowest BCUT2D eigenvalue weighted by Crippen LogP contribution is -1.95. The Morgan fingerprint density at radius 3 is 2.68 bits per heavy atom. The maximum absolute atomic E-state index is 13.8. The number of hydrogen-bond acceptors (Lipinski definition) is 3. The second kappa shape index (κ2) is 5.65. The molecule has 2 aromatic heterocycles. The van der Waals surface area contributed by atoms with E-state index in [1.807, 2.05) is 0 Å². The summed E-state index contributed by atoms with van der Waals surface area (Å²) in [6, 6.07) is 7.57. The van der Waals surface area contributed by atoms with Crippen molar-refractivity contribution < 1.29 is 13.6 Å². The zero-order valence-corrected chi connectivity index (χ0v) is 11.8. The highest BCUT2D eigenvalue weighted by Crippen LogP contribution is 2.26. The van der Waals surface area contributed by atoms with Crippen LogP contribution in [-0.4, -0.2) is 19.8 Å². The Balaban J connectivity index is 2.08. The van der Waals surface area contributed by atoms with Crippen LogP contribution in [0.5, 0.6) is 0 Å². The van der Waals surface area contributed by atoms with Crippen molar-refractivity contribution in [1.29, 1.82) is 0 Å². The molecule has 0 aliphatic carbocycles. The molecule has 110 valence electrons. The summed E-state index contributed by atoms with van der Waals surface area (Å²) in [6.45, 7) is 0. The van der Waals surface area contributed by atoms with Gasteiger partial charge in [-0.3, -0.25) is 4.79 Å². The molecule has 3 aromatic rings. The molecule has 0 aliphatic rings. The average Bonchev–Trinajstić information content (AvgIpc) is 2.97. The van der Waals surface area contributed by atoms with Crippen LogP contribution < -0.4 is 0 Å². The van der Waals surface area contributed by atoms with E-state index in [1.165, 1.54) is 17.1 Å². The second-order valence-corrected chi connectivity index (χ2v) is 4.79. The van der Waals surface area contributed by atoms with Gasteiger partial charge in [-0.1, -0.05) is 12.1 Å². The van der Waals surface area contributed by atoms with Crippen molar-refractivity contribution in [3.05, 3.63) is 66.5 Å². The van der Waals surface area contributed by atoms with E-state index in [1.54, 1.807) is 24.3 Å². The van der Waals surface area contributed by atoms with Crippen LogP contribution in [0.15, 0.2) is 49.1 Å². The first-order valence-electron chi connectivity index (χ1n) is 6.21. The molecule has 0 fully saturated rings. The fraction of sp³-hybridized carbons (Fsp3) is 0. The topological polar surface area (TPSA) is 47.8 Å². The minimum atomic E-state index is -0.889. The molecule has 4 nitrogen and oxygen atoms in total. The summed E-state index contributed by atoms with van der Waals surface area (Å²) in [5, 5.41) is -0.681. The zero-order valence-electron chi connectivity index (χ0n) is 11.0. The number of benzene rings is 1. The van der Waals surface area contributed by atoms with Gasteiger partial charge in [0.25, 0.3) is 5.24 Å². The Morgan fingerprint density at radius 1 is 1.18 bits per heavy atom. The number of rotatable bonds is 3. The zero-order chi connectivity index (χ0) is 15.7. The van der Waals surface area contributed by atoms with Gasteiger partial charge in [-0.25, -0.2) is 14.4 Å². The van der Waals surface area contributed by atoms with Crippen LogP contribution in [0.3, 0.4) is 0 Å². The van der Waals surface area contributed by atoms with Crippen LogP contribution in [0.1, 0.15) is 10.5 Å². The maximum Gasteiger partial charge on any atom is 0.272 e. The third-order valence-electron chi connectivity index (χ3n) is 3.07. The molecular weight excluding hydrogens is 312 g/mol. The summed E-state index contributed by atoms with van der Waals surface area (Å²) in [4.78, 5) is 18.4. The first-order chi connectivity index (χ1) is 10.6. The number of aromatic nitrogens is 3. The van der Waals surface area contributed by atoms with E-state index in [-0.39, 0.29) is 11.3 Å². The molecule has 3 rings (SSSR count). The van der Waals surface area contributed by atoms with E-state index in [9.17, 15) is 13.6 Å². The number of halogens is 3.